The molecule has 6 heteroatoms. The molecule has 0 aromatic carbocycles. The largest absolute Gasteiger partial charge is 0.465 e. The van der Waals surface area contributed by atoms with Crippen molar-refractivity contribution in [1.29, 1.82) is 0 Å². The first-order valence-corrected chi connectivity index (χ1v) is 4.87. The number of carbonyl (C=O) groups is 1. The van der Waals surface area contributed by atoms with Crippen LogP contribution in [0, 0.1) is 0 Å². The average molecular weight is 230 g/mol. The van der Waals surface area contributed by atoms with Gasteiger partial charge in [-0.3, -0.25) is 4.79 Å². The molecule has 0 saturated heterocycles. The quantitative estimate of drug-likeness (QED) is 0.725. The van der Waals surface area contributed by atoms with E-state index in [1.54, 1.807) is 31.0 Å². The highest BCUT2D eigenvalue weighted by Crippen LogP contribution is 2.09. The van der Waals surface area contributed by atoms with Gasteiger partial charge in [0.05, 0.1) is 6.61 Å². The van der Waals surface area contributed by atoms with Gasteiger partial charge in [-0.2, -0.15) is 0 Å². The number of likely N-dealkylation sites (N-methyl/N-ethyl adjacent to an activating group) is 1. The summed E-state index contributed by atoms with van der Waals surface area (Å²) < 4.78 is 4.80. The predicted octanol–water partition coefficient (Wildman–Crippen LogP) is 1.13. The van der Waals surface area contributed by atoms with Crippen LogP contribution in [0.15, 0.2) is 12.1 Å². The van der Waals surface area contributed by atoms with E-state index in [9.17, 15) is 4.79 Å². The van der Waals surface area contributed by atoms with Crippen LogP contribution in [0.25, 0.3) is 0 Å². The van der Waals surface area contributed by atoms with Crippen LogP contribution in [0.4, 0.5) is 5.82 Å². The van der Waals surface area contributed by atoms with E-state index in [1.807, 2.05) is 0 Å². The van der Waals surface area contributed by atoms with Gasteiger partial charge in [0, 0.05) is 7.05 Å². The highest BCUT2D eigenvalue weighted by atomic mass is 35.5. The van der Waals surface area contributed by atoms with Crippen LogP contribution < -0.4 is 4.90 Å². The summed E-state index contributed by atoms with van der Waals surface area (Å²) in [6.45, 7) is 2.28. The van der Waals surface area contributed by atoms with E-state index in [2.05, 4.69) is 10.2 Å². The second kappa shape index (κ2) is 5.50. The highest BCUT2D eigenvalue weighted by molar-refractivity contribution is 6.29. The Hall–Kier alpha value is -1.36. The zero-order chi connectivity index (χ0) is 11.3. The van der Waals surface area contributed by atoms with Crippen molar-refractivity contribution in [1.82, 2.24) is 10.2 Å². The van der Waals surface area contributed by atoms with Crippen LogP contribution in [0.3, 0.4) is 0 Å². The molecule has 0 aliphatic carbocycles. The van der Waals surface area contributed by atoms with Gasteiger partial charge in [0.25, 0.3) is 0 Å². The third-order valence-electron chi connectivity index (χ3n) is 1.68. The summed E-state index contributed by atoms with van der Waals surface area (Å²) in [5.41, 5.74) is 0. The number of aromatic nitrogens is 2. The Morgan fingerprint density at radius 1 is 1.53 bits per heavy atom. The summed E-state index contributed by atoms with van der Waals surface area (Å²) in [5, 5.41) is 7.83. The smallest absolute Gasteiger partial charge is 0.325 e. The van der Waals surface area contributed by atoms with E-state index >= 15 is 0 Å². The number of anilines is 1. The number of nitrogens with zero attached hydrogens (tertiary/aromatic N) is 3. The Bertz CT molecular complexity index is 329. The molecule has 82 valence electrons. The van der Waals surface area contributed by atoms with Crippen molar-refractivity contribution in [2.75, 3.05) is 25.1 Å². The van der Waals surface area contributed by atoms with Crippen molar-refractivity contribution in [2.24, 2.45) is 0 Å². The number of hydrogen-bond donors (Lipinski definition) is 0. The summed E-state index contributed by atoms with van der Waals surface area (Å²) in [7, 11) is 1.73. The molecule has 15 heavy (non-hydrogen) atoms. The molecule has 0 atom stereocenters. The zero-order valence-electron chi connectivity index (χ0n) is 8.61. The maximum Gasteiger partial charge on any atom is 0.325 e. The number of carbonyl (C=O) groups excluding carboxylic acids is 1. The van der Waals surface area contributed by atoms with Crippen LogP contribution >= 0.6 is 11.6 Å². The lowest BCUT2D eigenvalue weighted by Crippen LogP contribution is -2.27. The molecular formula is C9H12ClN3O2. The van der Waals surface area contributed by atoms with Crippen molar-refractivity contribution < 1.29 is 9.53 Å². The first-order valence-electron chi connectivity index (χ1n) is 4.49. The highest BCUT2D eigenvalue weighted by Gasteiger charge is 2.09. The Morgan fingerprint density at radius 2 is 2.27 bits per heavy atom. The van der Waals surface area contributed by atoms with Crippen molar-refractivity contribution in [3.8, 4) is 0 Å². The molecule has 5 nitrogen and oxygen atoms in total. The van der Waals surface area contributed by atoms with Gasteiger partial charge < -0.3 is 9.64 Å². The molecule has 0 fully saturated rings. The fourth-order valence-corrected chi connectivity index (χ4v) is 1.09. The summed E-state index contributed by atoms with van der Waals surface area (Å²) in [5.74, 6) is 0.282. The summed E-state index contributed by atoms with van der Waals surface area (Å²) in [6, 6.07) is 3.31. The molecule has 1 heterocycles. The van der Waals surface area contributed by atoms with Crippen molar-refractivity contribution >= 4 is 23.4 Å². The van der Waals surface area contributed by atoms with E-state index in [0.717, 1.165) is 0 Å². The maximum absolute atomic E-state index is 11.2. The molecule has 0 aliphatic rings. The lowest BCUT2D eigenvalue weighted by molar-refractivity contribution is -0.141. The van der Waals surface area contributed by atoms with Crippen LogP contribution in [-0.2, 0) is 9.53 Å². The molecule has 1 aromatic rings. The van der Waals surface area contributed by atoms with Gasteiger partial charge in [-0.15, -0.1) is 10.2 Å². The lowest BCUT2D eigenvalue weighted by Gasteiger charge is -2.15. The molecule has 0 bridgehead atoms. The topological polar surface area (TPSA) is 55.3 Å². The van der Waals surface area contributed by atoms with Crippen molar-refractivity contribution in [2.45, 2.75) is 6.92 Å². The summed E-state index contributed by atoms with van der Waals surface area (Å²) in [6.07, 6.45) is 0. The molecule has 1 rings (SSSR count). The number of hydrogen-bond acceptors (Lipinski definition) is 5. The first kappa shape index (κ1) is 11.7. The number of halogens is 1. The SMILES string of the molecule is CCOC(=O)CN(C)c1ccc(Cl)nn1. The number of ether oxygens (including phenoxy) is 1. The fraction of sp³-hybridized carbons (Fsp3) is 0.444. The van der Waals surface area contributed by atoms with E-state index in [4.69, 9.17) is 16.3 Å². The van der Waals surface area contributed by atoms with Gasteiger partial charge in [-0.1, -0.05) is 11.6 Å². The minimum atomic E-state index is -0.295. The minimum absolute atomic E-state index is 0.143. The molecule has 0 saturated carbocycles. The molecule has 0 aliphatic heterocycles. The first-order chi connectivity index (χ1) is 7.13. The molecule has 0 N–H and O–H groups in total. The van der Waals surface area contributed by atoms with E-state index < -0.39 is 0 Å². The van der Waals surface area contributed by atoms with Gasteiger partial charge in [0.2, 0.25) is 0 Å². The Morgan fingerprint density at radius 3 is 2.80 bits per heavy atom. The van der Waals surface area contributed by atoms with Crippen LogP contribution in [0.1, 0.15) is 6.92 Å². The average Bonchev–Trinajstić information content (AvgIpc) is 2.18. The normalized spacial score (nSPS) is 9.80. The third-order valence-corrected chi connectivity index (χ3v) is 1.88. The van der Waals surface area contributed by atoms with Crippen molar-refractivity contribution in [3.63, 3.8) is 0 Å². The summed E-state index contributed by atoms with van der Waals surface area (Å²) >= 11 is 5.59. The fourth-order valence-electron chi connectivity index (χ4n) is 0.994. The Labute approximate surface area is 93.0 Å². The Kier molecular flexibility index (Phi) is 4.30. The standard InChI is InChI=1S/C9H12ClN3O2/c1-3-15-9(14)6-13(2)8-5-4-7(10)11-12-8/h4-5H,3,6H2,1-2H3. The van der Waals surface area contributed by atoms with E-state index in [0.29, 0.717) is 17.6 Å². The number of esters is 1. The maximum atomic E-state index is 11.2. The second-order valence-electron chi connectivity index (χ2n) is 2.88. The molecular weight excluding hydrogens is 218 g/mol. The zero-order valence-corrected chi connectivity index (χ0v) is 9.36. The monoisotopic (exact) mass is 229 g/mol. The lowest BCUT2D eigenvalue weighted by atomic mass is 10.4. The van der Waals surface area contributed by atoms with E-state index in [-0.39, 0.29) is 12.5 Å². The molecule has 0 unspecified atom stereocenters. The predicted molar refractivity (Wildman–Crippen MR) is 56.9 cm³/mol. The number of rotatable bonds is 4. The molecule has 0 radical (unpaired) electrons. The minimum Gasteiger partial charge on any atom is -0.465 e. The summed E-state index contributed by atoms with van der Waals surface area (Å²) in [4.78, 5) is 12.8. The Balaban J connectivity index is 2.57. The van der Waals surface area contributed by atoms with Crippen LogP contribution in [0.5, 0.6) is 0 Å². The van der Waals surface area contributed by atoms with Gasteiger partial charge in [0.1, 0.15) is 6.54 Å². The van der Waals surface area contributed by atoms with Crippen molar-refractivity contribution in [3.05, 3.63) is 17.3 Å². The van der Waals surface area contributed by atoms with Crippen LogP contribution in [-0.4, -0.2) is 36.4 Å². The van der Waals surface area contributed by atoms with Gasteiger partial charge in [0.15, 0.2) is 11.0 Å². The van der Waals surface area contributed by atoms with E-state index in [1.165, 1.54) is 0 Å². The van der Waals surface area contributed by atoms with Crippen LogP contribution in [0.2, 0.25) is 5.15 Å². The van der Waals surface area contributed by atoms with Gasteiger partial charge >= 0.3 is 5.97 Å². The second-order valence-corrected chi connectivity index (χ2v) is 3.26. The van der Waals surface area contributed by atoms with Gasteiger partial charge in [-0.05, 0) is 19.1 Å². The molecule has 1 aromatic heterocycles. The van der Waals surface area contributed by atoms with Gasteiger partial charge in [-0.25, -0.2) is 0 Å². The molecule has 0 spiro atoms. The molecule has 0 amide bonds. The third kappa shape index (κ3) is 3.71.